The van der Waals surface area contributed by atoms with E-state index in [2.05, 4.69) is 6.92 Å². The second-order valence-corrected chi connectivity index (χ2v) is 5.39. The van der Waals surface area contributed by atoms with Crippen LogP contribution < -0.4 is 0 Å². The first-order valence-corrected chi connectivity index (χ1v) is 5.90. The van der Waals surface area contributed by atoms with Crippen molar-refractivity contribution in [2.24, 2.45) is 11.8 Å². The second-order valence-electron chi connectivity index (χ2n) is 5.39. The minimum Gasteiger partial charge on any atom is -0.390 e. The highest BCUT2D eigenvalue weighted by Gasteiger charge is 2.40. The van der Waals surface area contributed by atoms with Crippen molar-refractivity contribution >= 4 is 0 Å². The first-order chi connectivity index (χ1) is 6.18. The molecule has 0 aliphatic heterocycles. The third-order valence-electron chi connectivity index (χ3n) is 3.98. The van der Waals surface area contributed by atoms with E-state index in [0.29, 0.717) is 0 Å². The molecule has 0 amide bonds. The maximum atomic E-state index is 9.71. The molecule has 0 aromatic carbocycles. The molecule has 0 bridgehead atoms. The van der Waals surface area contributed by atoms with Gasteiger partial charge in [0, 0.05) is 0 Å². The molecule has 0 aromatic rings. The molecule has 0 saturated heterocycles. The first kappa shape index (κ1) is 9.51. The normalized spacial score (nSPS) is 37.4. The Kier molecular flexibility index (Phi) is 2.64. The Hall–Kier alpha value is -0.0400. The van der Waals surface area contributed by atoms with Crippen molar-refractivity contribution in [2.45, 2.75) is 63.9 Å². The summed E-state index contributed by atoms with van der Waals surface area (Å²) in [6, 6.07) is 0. The van der Waals surface area contributed by atoms with Gasteiger partial charge in [-0.15, -0.1) is 0 Å². The minimum absolute atomic E-state index is 0.205. The van der Waals surface area contributed by atoms with E-state index in [1.54, 1.807) is 0 Å². The summed E-state index contributed by atoms with van der Waals surface area (Å²) in [6.07, 6.45) is 10.2. The molecule has 0 heterocycles. The number of hydrogen-bond acceptors (Lipinski definition) is 1. The first-order valence-electron chi connectivity index (χ1n) is 5.90. The standard InChI is InChI=1S/C12H22O/c1-10-2-4-11(5-3-10)6-7-12(13)8-9-12/h10-11,13H,2-9H2,1H3. The fourth-order valence-corrected chi connectivity index (χ4v) is 2.48. The maximum absolute atomic E-state index is 9.71. The second kappa shape index (κ2) is 3.61. The summed E-state index contributed by atoms with van der Waals surface area (Å²) >= 11 is 0. The Bertz CT molecular complexity index is 164. The fraction of sp³-hybridized carbons (Fsp3) is 1.00. The Balaban J connectivity index is 1.65. The summed E-state index contributed by atoms with van der Waals surface area (Å²) in [4.78, 5) is 0. The van der Waals surface area contributed by atoms with Crippen LogP contribution in [0.4, 0.5) is 0 Å². The highest BCUT2D eigenvalue weighted by atomic mass is 16.3. The molecule has 1 nitrogen and oxygen atoms in total. The SMILES string of the molecule is CC1CCC(CCC2(O)CC2)CC1. The zero-order valence-electron chi connectivity index (χ0n) is 8.76. The quantitative estimate of drug-likeness (QED) is 0.711. The molecule has 0 unspecified atom stereocenters. The van der Waals surface area contributed by atoms with E-state index < -0.39 is 0 Å². The predicted molar refractivity (Wildman–Crippen MR) is 54.5 cm³/mol. The summed E-state index contributed by atoms with van der Waals surface area (Å²) < 4.78 is 0. The van der Waals surface area contributed by atoms with Gasteiger partial charge in [-0.05, 0) is 37.5 Å². The highest BCUT2D eigenvalue weighted by Crippen LogP contribution is 2.42. The van der Waals surface area contributed by atoms with E-state index in [4.69, 9.17) is 0 Å². The third-order valence-corrected chi connectivity index (χ3v) is 3.98. The van der Waals surface area contributed by atoms with Gasteiger partial charge in [-0.1, -0.05) is 32.6 Å². The smallest absolute Gasteiger partial charge is 0.0650 e. The molecule has 2 saturated carbocycles. The average Bonchev–Trinajstić information content (AvgIpc) is 2.84. The fourth-order valence-electron chi connectivity index (χ4n) is 2.48. The van der Waals surface area contributed by atoms with Crippen molar-refractivity contribution in [3.05, 3.63) is 0 Å². The van der Waals surface area contributed by atoms with Gasteiger partial charge in [-0.2, -0.15) is 0 Å². The molecule has 0 spiro atoms. The molecule has 2 fully saturated rings. The van der Waals surface area contributed by atoms with Crippen molar-refractivity contribution in [2.75, 3.05) is 0 Å². The molecule has 1 heteroatoms. The molecule has 76 valence electrons. The van der Waals surface area contributed by atoms with Gasteiger partial charge in [-0.25, -0.2) is 0 Å². The summed E-state index contributed by atoms with van der Waals surface area (Å²) in [5.74, 6) is 1.89. The van der Waals surface area contributed by atoms with Crippen LogP contribution in [0.15, 0.2) is 0 Å². The van der Waals surface area contributed by atoms with Gasteiger partial charge >= 0.3 is 0 Å². The molecular weight excluding hydrogens is 160 g/mol. The molecule has 1 N–H and O–H groups in total. The highest BCUT2D eigenvalue weighted by molar-refractivity contribution is 4.93. The summed E-state index contributed by atoms with van der Waals surface area (Å²) in [6.45, 7) is 2.37. The zero-order chi connectivity index (χ0) is 9.31. The topological polar surface area (TPSA) is 20.2 Å². The van der Waals surface area contributed by atoms with E-state index in [-0.39, 0.29) is 5.60 Å². The van der Waals surface area contributed by atoms with Crippen LogP contribution in [0.25, 0.3) is 0 Å². The molecule has 13 heavy (non-hydrogen) atoms. The van der Waals surface area contributed by atoms with Crippen LogP contribution in [-0.2, 0) is 0 Å². The van der Waals surface area contributed by atoms with Crippen LogP contribution >= 0.6 is 0 Å². The summed E-state index contributed by atoms with van der Waals surface area (Å²) in [7, 11) is 0. The monoisotopic (exact) mass is 182 g/mol. The van der Waals surface area contributed by atoms with Gasteiger partial charge in [0.25, 0.3) is 0 Å². The molecule has 0 atom stereocenters. The molecule has 0 radical (unpaired) electrons. The predicted octanol–water partition coefficient (Wildman–Crippen LogP) is 3.12. The third kappa shape index (κ3) is 2.70. The number of rotatable bonds is 3. The lowest BCUT2D eigenvalue weighted by molar-refractivity contribution is 0.124. The summed E-state index contributed by atoms with van der Waals surface area (Å²) in [5.41, 5.74) is -0.205. The van der Waals surface area contributed by atoms with Crippen LogP contribution in [0.3, 0.4) is 0 Å². The average molecular weight is 182 g/mol. The molecule has 2 aliphatic rings. The number of aliphatic hydroxyl groups is 1. The largest absolute Gasteiger partial charge is 0.390 e. The molecule has 0 aromatic heterocycles. The Morgan fingerprint density at radius 1 is 1.15 bits per heavy atom. The van der Waals surface area contributed by atoms with E-state index in [1.807, 2.05) is 0 Å². The molecule has 2 aliphatic carbocycles. The Morgan fingerprint density at radius 3 is 2.31 bits per heavy atom. The molecular formula is C12H22O. The molecule has 2 rings (SSSR count). The van der Waals surface area contributed by atoms with Crippen molar-refractivity contribution in [3.63, 3.8) is 0 Å². The van der Waals surface area contributed by atoms with Gasteiger partial charge in [0.15, 0.2) is 0 Å². The van der Waals surface area contributed by atoms with E-state index >= 15 is 0 Å². The summed E-state index contributed by atoms with van der Waals surface area (Å²) in [5, 5.41) is 9.71. The Morgan fingerprint density at radius 2 is 1.77 bits per heavy atom. The van der Waals surface area contributed by atoms with E-state index in [1.165, 1.54) is 32.1 Å². The van der Waals surface area contributed by atoms with Crippen LogP contribution in [0.5, 0.6) is 0 Å². The van der Waals surface area contributed by atoms with Crippen molar-refractivity contribution in [3.8, 4) is 0 Å². The maximum Gasteiger partial charge on any atom is 0.0650 e. The van der Waals surface area contributed by atoms with Gasteiger partial charge in [0.05, 0.1) is 5.60 Å². The van der Waals surface area contributed by atoms with Crippen molar-refractivity contribution < 1.29 is 5.11 Å². The lowest BCUT2D eigenvalue weighted by Crippen LogP contribution is -2.15. The Labute approximate surface area is 81.5 Å². The van der Waals surface area contributed by atoms with Crippen LogP contribution in [0, 0.1) is 11.8 Å². The van der Waals surface area contributed by atoms with Crippen molar-refractivity contribution in [1.29, 1.82) is 0 Å². The van der Waals surface area contributed by atoms with E-state index in [9.17, 15) is 5.11 Å². The van der Waals surface area contributed by atoms with Gasteiger partial charge in [0.2, 0.25) is 0 Å². The van der Waals surface area contributed by atoms with Gasteiger partial charge in [0.1, 0.15) is 0 Å². The lowest BCUT2D eigenvalue weighted by Gasteiger charge is -2.26. The van der Waals surface area contributed by atoms with Gasteiger partial charge in [-0.3, -0.25) is 0 Å². The van der Waals surface area contributed by atoms with E-state index in [0.717, 1.165) is 31.1 Å². The minimum atomic E-state index is -0.205. The van der Waals surface area contributed by atoms with Crippen molar-refractivity contribution in [1.82, 2.24) is 0 Å². The van der Waals surface area contributed by atoms with Crippen LogP contribution in [-0.4, -0.2) is 10.7 Å². The zero-order valence-corrected chi connectivity index (χ0v) is 8.76. The van der Waals surface area contributed by atoms with Gasteiger partial charge < -0.3 is 5.11 Å². The number of hydrogen-bond donors (Lipinski definition) is 1. The van der Waals surface area contributed by atoms with Crippen LogP contribution in [0.1, 0.15) is 58.3 Å². The lowest BCUT2D eigenvalue weighted by atomic mass is 9.80. The van der Waals surface area contributed by atoms with Crippen LogP contribution in [0.2, 0.25) is 0 Å².